The maximum atomic E-state index is 12.8. The molecular weight excluding hydrogens is 476 g/mol. The van der Waals surface area contributed by atoms with Crippen molar-refractivity contribution >= 4 is 34.8 Å². The van der Waals surface area contributed by atoms with Crippen LogP contribution in [0.15, 0.2) is 121 Å². The molecular formula is C33H29ClN2O. The third-order valence-corrected chi connectivity index (χ3v) is 7.29. The molecule has 5 aromatic rings. The van der Waals surface area contributed by atoms with E-state index in [1.54, 1.807) is 0 Å². The Morgan fingerprint density at radius 1 is 0.757 bits per heavy atom. The van der Waals surface area contributed by atoms with Crippen molar-refractivity contribution in [3.8, 4) is 11.1 Å². The highest BCUT2D eigenvalue weighted by molar-refractivity contribution is 6.04. The first kappa shape index (κ1) is 24.8. The van der Waals surface area contributed by atoms with Gasteiger partial charge in [0.25, 0.3) is 5.91 Å². The molecule has 0 heterocycles. The topological polar surface area (TPSA) is 55.1 Å². The third kappa shape index (κ3) is 5.29. The smallest absolute Gasteiger partial charge is 0.255 e. The van der Waals surface area contributed by atoms with Gasteiger partial charge in [-0.1, -0.05) is 97.1 Å². The van der Waals surface area contributed by atoms with Crippen LogP contribution in [0.25, 0.3) is 21.9 Å². The number of fused-ring (bicyclic) bond motifs is 1. The Bertz CT molecular complexity index is 1530. The van der Waals surface area contributed by atoms with E-state index < -0.39 is 0 Å². The number of hydrogen-bond acceptors (Lipinski definition) is 2. The van der Waals surface area contributed by atoms with Crippen LogP contribution in [0.1, 0.15) is 33.8 Å². The largest absolute Gasteiger partial charge is 0.324 e. The van der Waals surface area contributed by atoms with Crippen molar-refractivity contribution in [1.29, 1.82) is 0 Å². The van der Waals surface area contributed by atoms with Crippen molar-refractivity contribution < 1.29 is 4.79 Å². The van der Waals surface area contributed by atoms with Gasteiger partial charge in [-0.15, -0.1) is 12.4 Å². The van der Waals surface area contributed by atoms with E-state index >= 15 is 0 Å². The summed E-state index contributed by atoms with van der Waals surface area (Å²) >= 11 is 0. The fourth-order valence-corrected chi connectivity index (χ4v) is 5.14. The lowest BCUT2D eigenvalue weighted by atomic mass is 9.97. The zero-order valence-electron chi connectivity index (χ0n) is 20.4. The van der Waals surface area contributed by atoms with Gasteiger partial charge in [0, 0.05) is 22.7 Å². The normalized spacial score (nSPS) is 18.1. The minimum atomic E-state index is -0.215. The van der Waals surface area contributed by atoms with E-state index in [4.69, 9.17) is 5.73 Å². The molecule has 2 atom stereocenters. The standard InChI is InChI=1S/C33H28N2O.ClH/c34-33(21-23-10-11-25-8-4-5-9-29(25)20-23)22-31(33)27-16-18-30(19-17-27)35-32(36)28-14-12-26(13-15-28)24-6-2-1-3-7-24;/h1-20,31H,21-22,34H2,(H,35,36);1H/t31-,33-;/m0./s1. The third-order valence-electron chi connectivity index (χ3n) is 7.29. The number of nitrogens with one attached hydrogen (secondary N) is 1. The Kier molecular flexibility index (Phi) is 6.84. The molecule has 0 spiro atoms. The highest BCUT2D eigenvalue weighted by Crippen LogP contribution is 2.51. The minimum absolute atomic E-state index is 0. The van der Waals surface area contributed by atoms with Crippen molar-refractivity contribution in [2.24, 2.45) is 5.73 Å². The summed E-state index contributed by atoms with van der Waals surface area (Å²) < 4.78 is 0. The number of benzene rings is 5. The zero-order chi connectivity index (χ0) is 24.5. The van der Waals surface area contributed by atoms with Crippen molar-refractivity contribution in [2.45, 2.75) is 24.3 Å². The molecule has 0 aliphatic heterocycles. The number of anilines is 1. The van der Waals surface area contributed by atoms with Crippen molar-refractivity contribution in [3.05, 3.63) is 138 Å². The van der Waals surface area contributed by atoms with Gasteiger partial charge in [-0.25, -0.2) is 0 Å². The van der Waals surface area contributed by atoms with Gasteiger partial charge in [0.1, 0.15) is 0 Å². The number of hydrogen-bond donors (Lipinski definition) is 2. The highest BCUT2D eigenvalue weighted by Gasteiger charge is 2.51. The van der Waals surface area contributed by atoms with Gasteiger partial charge in [0.05, 0.1) is 0 Å². The van der Waals surface area contributed by atoms with Gasteiger partial charge in [0.15, 0.2) is 0 Å². The lowest BCUT2D eigenvalue weighted by Gasteiger charge is -2.13. The second-order valence-electron chi connectivity index (χ2n) is 9.87. The number of carbonyl (C=O) groups excluding carboxylic acids is 1. The number of carbonyl (C=O) groups is 1. The first-order valence-corrected chi connectivity index (χ1v) is 12.4. The van der Waals surface area contributed by atoms with Crippen LogP contribution in [0.5, 0.6) is 0 Å². The maximum absolute atomic E-state index is 12.8. The SMILES string of the molecule is Cl.N[C@@]1(Cc2ccc3ccccc3c2)C[C@H]1c1ccc(NC(=O)c2ccc(-c3ccccc3)cc2)cc1. The van der Waals surface area contributed by atoms with E-state index in [1.165, 1.54) is 21.9 Å². The minimum Gasteiger partial charge on any atom is -0.324 e. The second kappa shape index (κ2) is 10.2. The maximum Gasteiger partial charge on any atom is 0.255 e. The zero-order valence-corrected chi connectivity index (χ0v) is 21.2. The molecule has 0 bridgehead atoms. The molecule has 6 rings (SSSR count). The van der Waals surface area contributed by atoms with E-state index in [0.717, 1.165) is 29.7 Å². The molecule has 184 valence electrons. The van der Waals surface area contributed by atoms with Gasteiger partial charge in [-0.3, -0.25) is 4.79 Å². The molecule has 1 amide bonds. The van der Waals surface area contributed by atoms with Gasteiger partial charge in [-0.2, -0.15) is 0 Å². The van der Waals surface area contributed by atoms with E-state index in [-0.39, 0.29) is 23.9 Å². The summed E-state index contributed by atoms with van der Waals surface area (Å²) in [6, 6.07) is 41.0. The second-order valence-corrected chi connectivity index (χ2v) is 9.87. The number of nitrogens with two attached hydrogens (primary N) is 1. The molecule has 37 heavy (non-hydrogen) atoms. The fraction of sp³-hybridized carbons (Fsp3) is 0.121. The number of amides is 1. The summed E-state index contributed by atoms with van der Waals surface area (Å²) in [6.07, 6.45) is 1.83. The molecule has 3 nitrogen and oxygen atoms in total. The van der Waals surface area contributed by atoms with Gasteiger partial charge in [0.2, 0.25) is 0 Å². The van der Waals surface area contributed by atoms with Crippen molar-refractivity contribution in [3.63, 3.8) is 0 Å². The predicted octanol–water partition coefficient (Wildman–Crippen LogP) is 7.61. The lowest BCUT2D eigenvalue weighted by molar-refractivity contribution is 0.102. The fourth-order valence-electron chi connectivity index (χ4n) is 5.14. The molecule has 1 saturated carbocycles. The van der Waals surface area contributed by atoms with E-state index in [9.17, 15) is 4.79 Å². The Hall–Kier alpha value is -3.92. The van der Waals surface area contributed by atoms with Crippen molar-refractivity contribution in [1.82, 2.24) is 0 Å². The summed E-state index contributed by atoms with van der Waals surface area (Å²) in [6.45, 7) is 0. The van der Waals surface area contributed by atoms with Crippen molar-refractivity contribution in [2.75, 3.05) is 5.32 Å². The van der Waals surface area contributed by atoms with E-state index in [2.05, 4.69) is 72.0 Å². The number of rotatable bonds is 6. The molecule has 5 aromatic carbocycles. The van der Waals surface area contributed by atoms with Crippen LogP contribution < -0.4 is 11.1 Å². The Balaban J connectivity index is 0.00000280. The molecule has 1 aliphatic rings. The molecule has 0 radical (unpaired) electrons. The summed E-state index contributed by atoms with van der Waals surface area (Å²) in [5.74, 6) is 0.220. The average molecular weight is 505 g/mol. The average Bonchev–Trinajstić information content (AvgIpc) is 3.59. The Morgan fingerprint density at radius 2 is 1.41 bits per heavy atom. The van der Waals surface area contributed by atoms with Crippen LogP contribution in [-0.4, -0.2) is 11.4 Å². The van der Waals surface area contributed by atoms with Crippen LogP contribution in [-0.2, 0) is 6.42 Å². The number of halogens is 1. The monoisotopic (exact) mass is 504 g/mol. The molecule has 1 fully saturated rings. The van der Waals surface area contributed by atoms with Gasteiger partial charge in [-0.05, 0) is 70.1 Å². The Labute approximate surface area is 223 Å². The van der Waals surface area contributed by atoms with Gasteiger partial charge >= 0.3 is 0 Å². The summed E-state index contributed by atoms with van der Waals surface area (Å²) in [4.78, 5) is 12.8. The molecule has 3 N–H and O–H groups in total. The first-order valence-electron chi connectivity index (χ1n) is 12.4. The molecule has 0 saturated heterocycles. The van der Waals surface area contributed by atoms with E-state index in [1.807, 2.05) is 54.6 Å². The highest BCUT2D eigenvalue weighted by atomic mass is 35.5. The summed E-state index contributed by atoms with van der Waals surface area (Å²) in [7, 11) is 0. The van der Waals surface area contributed by atoms with Crippen LogP contribution in [0.2, 0.25) is 0 Å². The van der Waals surface area contributed by atoms with Crippen LogP contribution >= 0.6 is 12.4 Å². The van der Waals surface area contributed by atoms with E-state index in [0.29, 0.717) is 11.5 Å². The molecule has 1 aliphatic carbocycles. The quantitative estimate of drug-likeness (QED) is 0.250. The summed E-state index contributed by atoms with van der Waals surface area (Å²) in [5, 5.41) is 5.52. The first-order chi connectivity index (χ1) is 17.6. The summed E-state index contributed by atoms with van der Waals surface area (Å²) in [5.41, 5.74) is 12.7. The molecule has 0 aromatic heterocycles. The van der Waals surface area contributed by atoms with Crippen LogP contribution in [0.4, 0.5) is 5.69 Å². The predicted molar refractivity (Wildman–Crippen MR) is 155 cm³/mol. The van der Waals surface area contributed by atoms with Crippen LogP contribution in [0.3, 0.4) is 0 Å². The van der Waals surface area contributed by atoms with Crippen LogP contribution in [0, 0.1) is 0 Å². The lowest BCUT2D eigenvalue weighted by Crippen LogP contribution is -2.27. The molecule has 4 heteroatoms. The molecule has 0 unspecified atom stereocenters. The Morgan fingerprint density at radius 3 is 2.14 bits per heavy atom. The van der Waals surface area contributed by atoms with Gasteiger partial charge < -0.3 is 11.1 Å².